The molecule has 0 heterocycles. The molecule has 0 bridgehead atoms. The van der Waals surface area contributed by atoms with E-state index >= 15 is 0 Å². The molecule has 6 heteroatoms. The zero-order valence-electron chi connectivity index (χ0n) is 9.04. The average Bonchev–Trinajstić information content (AvgIpc) is 2.27. The third-order valence-electron chi connectivity index (χ3n) is 1.84. The Hall–Kier alpha value is -0.900. The van der Waals surface area contributed by atoms with Gasteiger partial charge in [0, 0.05) is 21.1 Å². The number of ether oxygens (including phenoxy) is 1. The molecule has 1 unspecified atom stereocenters. The fraction of sp³-hybridized carbons (Fsp3) is 0.273. The molecule has 0 fully saturated rings. The fourth-order valence-electron chi connectivity index (χ4n) is 1.17. The van der Waals surface area contributed by atoms with Crippen molar-refractivity contribution in [2.75, 3.05) is 6.61 Å². The van der Waals surface area contributed by atoms with Crippen LogP contribution in [0.5, 0.6) is 0 Å². The monoisotopic (exact) mass is 360 g/mol. The highest BCUT2D eigenvalue weighted by Gasteiger charge is 2.13. The van der Waals surface area contributed by atoms with Crippen LogP contribution in [0.25, 0.3) is 0 Å². The van der Waals surface area contributed by atoms with Gasteiger partial charge in [0.25, 0.3) is 5.91 Å². The largest absolute Gasteiger partial charge is 0.346 e. The molecule has 0 saturated carbocycles. The van der Waals surface area contributed by atoms with Crippen molar-refractivity contribution in [2.24, 2.45) is 0 Å². The molecular weight excluding hydrogens is 352 g/mol. The van der Waals surface area contributed by atoms with Crippen molar-refractivity contribution >= 4 is 37.8 Å². The Morgan fingerprint density at radius 1 is 1.47 bits per heavy atom. The summed E-state index contributed by atoms with van der Waals surface area (Å²) >= 11 is 6.58. The van der Waals surface area contributed by atoms with Crippen LogP contribution >= 0.6 is 31.9 Å². The van der Waals surface area contributed by atoms with Crippen molar-refractivity contribution in [2.45, 2.75) is 13.2 Å². The van der Waals surface area contributed by atoms with Crippen LogP contribution in [0, 0.1) is 11.3 Å². The van der Waals surface area contributed by atoms with Crippen molar-refractivity contribution in [1.29, 1.82) is 5.26 Å². The number of nitrogens with zero attached hydrogens (tertiary/aromatic N) is 1. The summed E-state index contributed by atoms with van der Waals surface area (Å²) in [5.74, 6) is -0.355. The lowest BCUT2D eigenvalue weighted by atomic mass is 10.2. The average molecular weight is 362 g/mol. The van der Waals surface area contributed by atoms with E-state index in [0.717, 1.165) is 8.95 Å². The van der Waals surface area contributed by atoms with Crippen molar-refractivity contribution in [3.63, 3.8) is 0 Å². The minimum atomic E-state index is -0.926. The van der Waals surface area contributed by atoms with Gasteiger partial charge in [-0.05, 0) is 25.1 Å². The van der Waals surface area contributed by atoms with E-state index in [1.807, 2.05) is 12.1 Å². The number of nitrogens with one attached hydrogen (secondary N) is 1. The molecule has 17 heavy (non-hydrogen) atoms. The second-order valence-corrected chi connectivity index (χ2v) is 4.93. The predicted octanol–water partition coefficient (Wildman–Crippen LogP) is 2.83. The minimum Gasteiger partial charge on any atom is -0.346 e. The molecule has 1 amide bonds. The molecule has 0 aliphatic rings. The molecule has 1 atom stereocenters. The molecule has 0 aromatic heterocycles. The van der Waals surface area contributed by atoms with Gasteiger partial charge >= 0.3 is 0 Å². The predicted molar refractivity (Wildman–Crippen MR) is 70.3 cm³/mol. The molecule has 0 saturated heterocycles. The van der Waals surface area contributed by atoms with Crippen LogP contribution in [-0.2, 0) is 4.74 Å². The van der Waals surface area contributed by atoms with Crippen LogP contribution in [0.15, 0.2) is 27.1 Å². The van der Waals surface area contributed by atoms with Gasteiger partial charge in [0.1, 0.15) is 6.07 Å². The molecular formula is C11H10Br2N2O2. The van der Waals surface area contributed by atoms with Gasteiger partial charge in [0.15, 0.2) is 0 Å². The summed E-state index contributed by atoms with van der Waals surface area (Å²) < 4.78 is 6.59. The van der Waals surface area contributed by atoms with E-state index in [1.54, 1.807) is 19.1 Å². The number of carbonyl (C=O) groups excluding carboxylic acids is 1. The molecule has 0 radical (unpaired) electrons. The van der Waals surface area contributed by atoms with Crippen LogP contribution in [0.2, 0.25) is 0 Å². The number of hydrogen-bond acceptors (Lipinski definition) is 3. The van der Waals surface area contributed by atoms with Gasteiger partial charge in [-0.1, -0.05) is 31.9 Å². The third kappa shape index (κ3) is 4.46. The van der Waals surface area contributed by atoms with E-state index in [2.05, 4.69) is 37.2 Å². The molecule has 1 rings (SSSR count). The van der Waals surface area contributed by atoms with Gasteiger partial charge in [0.05, 0.1) is 0 Å². The zero-order chi connectivity index (χ0) is 12.8. The molecule has 1 N–H and O–H groups in total. The van der Waals surface area contributed by atoms with E-state index in [9.17, 15) is 4.79 Å². The summed E-state index contributed by atoms with van der Waals surface area (Å²) in [6.45, 7) is 2.12. The summed E-state index contributed by atoms with van der Waals surface area (Å²) in [6, 6.07) is 7.01. The topological polar surface area (TPSA) is 62.1 Å². The summed E-state index contributed by atoms with van der Waals surface area (Å²) in [6.07, 6.45) is -0.926. The molecule has 0 aliphatic carbocycles. The van der Waals surface area contributed by atoms with Crippen LogP contribution in [0.4, 0.5) is 0 Å². The smallest absolute Gasteiger partial charge is 0.254 e. The molecule has 0 aliphatic heterocycles. The third-order valence-corrected chi connectivity index (χ3v) is 2.75. The minimum absolute atomic E-state index is 0.355. The fourth-order valence-corrected chi connectivity index (χ4v) is 2.46. The van der Waals surface area contributed by atoms with E-state index in [0.29, 0.717) is 12.2 Å². The van der Waals surface area contributed by atoms with E-state index < -0.39 is 6.23 Å². The number of rotatable bonds is 4. The maximum atomic E-state index is 11.8. The van der Waals surface area contributed by atoms with E-state index in [1.165, 1.54) is 0 Å². The molecule has 1 aromatic rings. The second-order valence-electron chi connectivity index (χ2n) is 3.10. The number of benzene rings is 1. The van der Waals surface area contributed by atoms with Crippen molar-refractivity contribution < 1.29 is 9.53 Å². The molecule has 1 aromatic carbocycles. The summed E-state index contributed by atoms with van der Waals surface area (Å²) in [4.78, 5) is 11.8. The standard InChI is InChI=1S/C11H10Br2N2O2/c1-2-17-10(6-14)15-11(16)7-3-8(12)5-9(13)4-7/h3-5,10H,2H2,1H3,(H,15,16). The first kappa shape index (κ1) is 14.2. The summed E-state index contributed by atoms with van der Waals surface area (Å²) in [5.41, 5.74) is 0.450. The highest BCUT2D eigenvalue weighted by molar-refractivity contribution is 9.11. The van der Waals surface area contributed by atoms with Crippen LogP contribution in [0.1, 0.15) is 17.3 Å². The van der Waals surface area contributed by atoms with Gasteiger partial charge in [-0.15, -0.1) is 0 Å². The Labute approximate surface area is 116 Å². The second kappa shape index (κ2) is 6.74. The SMILES string of the molecule is CCOC(C#N)NC(=O)c1cc(Br)cc(Br)c1. The van der Waals surface area contributed by atoms with Crippen LogP contribution in [0.3, 0.4) is 0 Å². The lowest BCUT2D eigenvalue weighted by Gasteiger charge is -2.11. The number of halogens is 2. The normalized spacial score (nSPS) is 11.6. The number of hydrogen-bond donors (Lipinski definition) is 1. The maximum Gasteiger partial charge on any atom is 0.254 e. The van der Waals surface area contributed by atoms with Gasteiger partial charge in [-0.3, -0.25) is 4.79 Å². The van der Waals surface area contributed by atoms with Crippen molar-refractivity contribution in [3.8, 4) is 6.07 Å². The first-order valence-corrected chi connectivity index (χ1v) is 6.43. The number of amides is 1. The first-order valence-electron chi connectivity index (χ1n) is 4.85. The zero-order valence-corrected chi connectivity index (χ0v) is 12.2. The molecule has 4 nitrogen and oxygen atoms in total. The van der Waals surface area contributed by atoms with E-state index in [4.69, 9.17) is 10.00 Å². The van der Waals surface area contributed by atoms with Gasteiger partial charge in [-0.2, -0.15) is 5.26 Å². The van der Waals surface area contributed by atoms with Gasteiger partial charge < -0.3 is 10.1 Å². The summed E-state index contributed by atoms with van der Waals surface area (Å²) in [5, 5.41) is 11.2. The lowest BCUT2D eigenvalue weighted by molar-refractivity contribution is 0.0615. The maximum absolute atomic E-state index is 11.8. The highest BCUT2D eigenvalue weighted by atomic mass is 79.9. The highest BCUT2D eigenvalue weighted by Crippen LogP contribution is 2.20. The van der Waals surface area contributed by atoms with Crippen LogP contribution < -0.4 is 5.32 Å². The Bertz CT molecular complexity index is 437. The van der Waals surface area contributed by atoms with Gasteiger partial charge in [-0.25, -0.2) is 0 Å². The molecule has 90 valence electrons. The van der Waals surface area contributed by atoms with Crippen molar-refractivity contribution in [1.82, 2.24) is 5.32 Å². The van der Waals surface area contributed by atoms with Gasteiger partial charge in [0.2, 0.25) is 6.23 Å². The van der Waals surface area contributed by atoms with E-state index in [-0.39, 0.29) is 5.91 Å². The number of carbonyl (C=O) groups is 1. The first-order chi connectivity index (χ1) is 8.06. The van der Waals surface area contributed by atoms with Crippen molar-refractivity contribution in [3.05, 3.63) is 32.7 Å². The number of nitriles is 1. The molecule has 0 spiro atoms. The summed E-state index contributed by atoms with van der Waals surface area (Å²) in [7, 11) is 0. The Morgan fingerprint density at radius 3 is 2.53 bits per heavy atom. The lowest BCUT2D eigenvalue weighted by Crippen LogP contribution is -2.35. The Kier molecular flexibility index (Phi) is 5.62. The van der Waals surface area contributed by atoms with Crippen LogP contribution in [-0.4, -0.2) is 18.7 Å². The Balaban J connectivity index is 2.79. The Morgan fingerprint density at radius 2 is 2.06 bits per heavy atom. The quantitative estimate of drug-likeness (QED) is 0.838.